The third-order valence-corrected chi connectivity index (χ3v) is 2.41. The first kappa shape index (κ1) is 13.9. The van der Waals surface area contributed by atoms with E-state index in [2.05, 4.69) is 4.99 Å². The molecule has 0 heterocycles. The maximum atomic E-state index is 12.1. The van der Waals surface area contributed by atoms with Gasteiger partial charge in [0.25, 0.3) is 0 Å². The van der Waals surface area contributed by atoms with Crippen LogP contribution in [-0.4, -0.2) is 47.0 Å². The van der Waals surface area contributed by atoms with Gasteiger partial charge in [0.1, 0.15) is 0 Å². The minimum atomic E-state index is -4.15. The van der Waals surface area contributed by atoms with E-state index >= 15 is 0 Å². The SMILES string of the molecule is CCC(=NC(C)C)[N]([Ga])CC(F)(F)F. The minimum absolute atomic E-state index is 0.0384. The number of rotatable bonds is 3. The fourth-order valence-electron chi connectivity index (χ4n) is 0.951. The number of nitrogens with zero attached hydrogens (tertiary/aromatic N) is 2. The third kappa shape index (κ3) is 6.37. The first-order chi connectivity index (χ1) is 6.26. The van der Waals surface area contributed by atoms with Crippen molar-refractivity contribution in [3.8, 4) is 0 Å². The summed E-state index contributed by atoms with van der Waals surface area (Å²) in [6.45, 7) is 4.60. The average Bonchev–Trinajstić information content (AvgIpc) is 1.96. The van der Waals surface area contributed by atoms with Gasteiger partial charge in [0, 0.05) is 0 Å². The Labute approximate surface area is 92.8 Å². The quantitative estimate of drug-likeness (QED) is 0.433. The molecule has 14 heavy (non-hydrogen) atoms. The van der Waals surface area contributed by atoms with Crippen molar-refractivity contribution in [3.63, 3.8) is 0 Å². The van der Waals surface area contributed by atoms with Gasteiger partial charge in [-0.05, 0) is 0 Å². The molecule has 2 nitrogen and oxygen atoms in total. The van der Waals surface area contributed by atoms with Crippen LogP contribution in [0.3, 0.4) is 0 Å². The summed E-state index contributed by atoms with van der Waals surface area (Å²) in [5, 5.41) is 0. The topological polar surface area (TPSA) is 15.6 Å². The van der Waals surface area contributed by atoms with Crippen LogP contribution in [0, 0.1) is 0 Å². The normalized spacial score (nSPS) is 13.5. The fourth-order valence-corrected chi connectivity index (χ4v) is 1.91. The third-order valence-electron chi connectivity index (χ3n) is 1.40. The molecule has 0 aliphatic heterocycles. The average molecular weight is 265 g/mol. The van der Waals surface area contributed by atoms with Gasteiger partial charge < -0.3 is 0 Å². The summed E-state index contributed by atoms with van der Waals surface area (Å²) in [6, 6.07) is 0.0384. The predicted molar refractivity (Wildman–Crippen MR) is 51.4 cm³/mol. The molecule has 0 unspecified atom stereocenters. The van der Waals surface area contributed by atoms with Crippen molar-refractivity contribution < 1.29 is 13.2 Å². The monoisotopic (exact) mass is 264 g/mol. The van der Waals surface area contributed by atoms with Gasteiger partial charge in [0.2, 0.25) is 0 Å². The van der Waals surface area contributed by atoms with Gasteiger partial charge in [-0.2, -0.15) is 0 Å². The molecule has 0 fully saturated rings. The van der Waals surface area contributed by atoms with Gasteiger partial charge in [0.15, 0.2) is 0 Å². The number of amidine groups is 1. The van der Waals surface area contributed by atoms with E-state index in [0.29, 0.717) is 12.3 Å². The van der Waals surface area contributed by atoms with E-state index in [0.717, 1.165) is 18.8 Å². The summed E-state index contributed by atoms with van der Waals surface area (Å²) in [4.78, 5) is 4.14. The molecule has 0 N–H and O–H groups in total. The maximum absolute atomic E-state index is 12.1. The van der Waals surface area contributed by atoms with Crippen molar-refractivity contribution in [3.05, 3.63) is 0 Å². The van der Waals surface area contributed by atoms with Crippen LogP contribution < -0.4 is 0 Å². The second-order valence-electron chi connectivity index (χ2n) is 3.24. The summed E-state index contributed by atoms with van der Waals surface area (Å²) in [5.41, 5.74) is 0. The summed E-state index contributed by atoms with van der Waals surface area (Å²) in [7, 11) is 0. The Morgan fingerprint density at radius 2 is 1.93 bits per heavy atom. The zero-order chi connectivity index (χ0) is 11.4. The van der Waals surface area contributed by atoms with Gasteiger partial charge in [0.05, 0.1) is 0 Å². The molecule has 0 saturated heterocycles. The molecule has 80 valence electrons. The molecule has 0 atom stereocenters. The van der Waals surface area contributed by atoms with Crippen molar-refractivity contribution in [2.24, 2.45) is 4.99 Å². The van der Waals surface area contributed by atoms with Gasteiger partial charge in [-0.25, -0.2) is 0 Å². The van der Waals surface area contributed by atoms with Crippen LogP contribution in [0.2, 0.25) is 0 Å². The Morgan fingerprint density at radius 3 is 2.21 bits per heavy atom. The molecule has 0 aliphatic carbocycles. The zero-order valence-electron chi connectivity index (χ0n) is 8.60. The van der Waals surface area contributed by atoms with Crippen LogP contribution in [0.25, 0.3) is 0 Å². The second-order valence-corrected chi connectivity index (χ2v) is 4.54. The Morgan fingerprint density at radius 1 is 1.43 bits per heavy atom. The van der Waals surface area contributed by atoms with Crippen LogP contribution in [0.4, 0.5) is 13.2 Å². The van der Waals surface area contributed by atoms with E-state index in [1.165, 1.54) is 3.61 Å². The first-order valence-corrected chi connectivity index (χ1v) is 5.50. The predicted octanol–water partition coefficient (Wildman–Crippen LogP) is 2.15. The van der Waals surface area contributed by atoms with E-state index < -0.39 is 12.7 Å². The molecule has 0 aromatic heterocycles. The summed E-state index contributed by atoms with van der Waals surface area (Å²) in [6.07, 6.45) is -3.62. The Kier molecular flexibility index (Phi) is 5.66. The second kappa shape index (κ2) is 5.70. The van der Waals surface area contributed by atoms with Crippen LogP contribution in [-0.2, 0) is 0 Å². The van der Waals surface area contributed by atoms with Crippen LogP contribution in [0.15, 0.2) is 4.99 Å². The van der Waals surface area contributed by atoms with Crippen LogP contribution in [0.5, 0.6) is 0 Å². The van der Waals surface area contributed by atoms with E-state index in [1.54, 1.807) is 0 Å². The van der Waals surface area contributed by atoms with Gasteiger partial charge in [-0.15, -0.1) is 0 Å². The molecular weight excluding hydrogens is 251 g/mol. The van der Waals surface area contributed by atoms with Crippen molar-refractivity contribution in [1.82, 2.24) is 3.61 Å². The molecule has 0 amide bonds. The molecule has 0 aliphatic rings. The van der Waals surface area contributed by atoms with E-state index in [4.69, 9.17) is 0 Å². The molecular formula is C8H14F3GaN2. The Balaban J connectivity index is 4.40. The molecule has 0 bridgehead atoms. The zero-order valence-corrected chi connectivity index (χ0v) is 11.0. The molecule has 2 radical (unpaired) electrons. The van der Waals surface area contributed by atoms with E-state index in [9.17, 15) is 13.2 Å². The number of halogens is 3. The van der Waals surface area contributed by atoms with Gasteiger partial charge >= 0.3 is 92.4 Å². The standard InChI is InChI=1S/C8H14F3N2.Ga/c1-4-7(13-6(2)3)12-5-8(9,10)11;/h6H,4-5H2,1-3H3;/q-1;+1. The Hall–Kier alpha value is -0.104. The number of hydrogen-bond acceptors (Lipinski definition) is 1. The molecule has 0 aromatic carbocycles. The Bertz CT molecular complexity index is 201. The summed E-state index contributed by atoms with van der Waals surface area (Å²) < 4.78 is 37.4. The van der Waals surface area contributed by atoms with Crippen molar-refractivity contribution in [2.45, 2.75) is 39.4 Å². The molecule has 0 rings (SSSR count). The molecule has 0 spiro atoms. The van der Waals surface area contributed by atoms with Gasteiger partial charge in [-0.3, -0.25) is 0 Å². The number of hydrogen-bond donors (Lipinski definition) is 0. The van der Waals surface area contributed by atoms with Crippen LogP contribution in [0.1, 0.15) is 27.2 Å². The fraction of sp³-hybridized carbons (Fsp3) is 0.875. The first-order valence-electron chi connectivity index (χ1n) is 4.42. The molecule has 0 aromatic rings. The van der Waals surface area contributed by atoms with E-state index in [1.807, 2.05) is 20.8 Å². The molecule has 0 saturated carbocycles. The summed E-state index contributed by atoms with van der Waals surface area (Å²) in [5.74, 6) is 0.525. The van der Waals surface area contributed by atoms with Gasteiger partial charge in [-0.1, -0.05) is 0 Å². The summed E-state index contributed by atoms with van der Waals surface area (Å²) >= 11 is 0.936. The number of alkyl halides is 3. The number of aliphatic imine (C=N–C) groups is 1. The molecule has 6 heteroatoms. The van der Waals surface area contributed by atoms with Crippen molar-refractivity contribution >= 4 is 24.7 Å². The van der Waals surface area contributed by atoms with E-state index in [-0.39, 0.29) is 6.04 Å². The van der Waals surface area contributed by atoms with Crippen molar-refractivity contribution in [1.29, 1.82) is 0 Å². The van der Waals surface area contributed by atoms with Crippen molar-refractivity contribution in [2.75, 3.05) is 6.54 Å². The van der Waals surface area contributed by atoms with Crippen LogP contribution >= 0.6 is 0 Å².